The zero-order valence-corrected chi connectivity index (χ0v) is 15.9. The predicted octanol–water partition coefficient (Wildman–Crippen LogP) is 4.07. The number of carbonyl (C=O) groups is 1. The summed E-state index contributed by atoms with van der Waals surface area (Å²) in [6.07, 6.45) is 2.23. The normalized spacial score (nSPS) is 16.4. The molecule has 26 heavy (non-hydrogen) atoms. The molecule has 0 radical (unpaired) electrons. The Morgan fingerprint density at radius 3 is 2.81 bits per heavy atom. The van der Waals surface area contributed by atoms with E-state index in [1.807, 2.05) is 18.2 Å². The highest BCUT2D eigenvalue weighted by Crippen LogP contribution is 2.21. The van der Waals surface area contributed by atoms with Gasteiger partial charge in [0.1, 0.15) is 12.4 Å². The molecule has 1 N–H and O–H groups in total. The van der Waals surface area contributed by atoms with Gasteiger partial charge < -0.3 is 14.8 Å². The van der Waals surface area contributed by atoms with E-state index in [0.717, 1.165) is 25.2 Å². The molecule has 0 bridgehead atoms. The van der Waals surface area contributed by atoms with E-state index in [0.29, 0.717) is 24.5 Å². The number of hydrogen-bond donors (Lipinski definition) is 1. The van der Waals surface area contributed by atoms with Crippen molar-refractivity contribution in [1.82, 2.24) is 5.32 Å². The van der Waals surface area contributed by atoms with E-state index < -0.39 is 0 Å². The Morgan fingerprint density at radius 1 is 1.23 bits per heavy atom. The van der Waals surface area contributed by atoms with Crippen LogP contribution in [-0.2, 0) is 4.74 Å². The van der Waals surface area contributed by atoms with Crippen LogP contribution in [0.4, 0.5) is 0 Å². The summed E-state index contributed by atoms with van der Waals surface area (Å²) in [7, 11) is 0. The molecule has 4 nitrogen and oxygen atoms in total. The fourth-order valence-electron chi connectivity index (χ4n) is 2.80. The number of aryl methyl sites for hydroxylation is 1. The second-order valence-electron chi connectivity index (χ2n) is 6.36. The van der Waals surface area contributed by atoms with Gasteiger partial charge in [0.15, 0.2) is 0 Å². The number of rotatable bonds is 8. The van der Waals surface area contributed by atoms with Crippen LogP contribution >= 0.6 is 11.8 Å². The molecule has 1 heterocycles. The first-order valence-corrected chi connectivity index (χ1v) is 10.0. The first-order valence-electron chi connectivity index (χ1n) is 9.03. The summed E-state index contributed by atoms with van der Waals surface area (Å²) in [5, 5.41) is 2.98. The molecule has 2 aromatic carbocycles. The number of para-hydroxylation sites is 1. The minimum absolute atomic E-state index is 0.0996. The van der Waals surface area contributed by atoms with Crippen molar-refractivity contribution in [1.29, 1.82) is 0 Å². The first kappa shape index (κ1) is 18.8. The van der Waals surface area contributed by atoms with Crippen molar-refractivity contribution in [2.75, 3.05) is 25.5 Å². The summed E-state index contributed by atoms with van der Waals surface area (Å²) in [6, 6.07) is 15.8. The van der Waals surface area contributed by atoms with E-state index in [9.17, 15) is 4.79 Å². The molecule has 0 aromatic heterocycles. The van der Waals surface area contributed by atoms with Gasteiger partial charge in [0.2, 0.25) is 0 Å². The molecule has 1 aliphatic rings. The van der Waals surface area contributed by atoms with E-state index in [4.69, 9.17) is 9.47 Å². The lowest BCUT2D eigenvalue weighted by Gasteiger charge is -2.14. The van der Waals surface area contributed by atoms with Gasteiger partial charge in [-0.15, -0.1) is 11.8 Å². The number of carbonyl (C=O) groups excluding carboxylic acids is 1. The lowest BCUT2D eigenvalue weighted by molar-refractivity contribution is 0.0671. The molecule has 138 valence electrons. The molecule has 1 unspecified atom stereocenters. The van der Waals surface area contributed by atoms with Gasteiger partial charge >= 0.3 is 0 Å². The van der Waals surface area contributed by atoms with Gasteiger partial charge in [-0.25, -0.2) is 0 Å². The SMILES string of the molecule is Cc1ccc(SCCNC(=O)c2ccccc2OCC2CCCO2)cc1. The molecule has 1 amide bonds. The van der Waals surface area contributed by atoms with Crippen LogP contribution in [-0.4, -0.2) is 37.5 Å². The Balaban J connectivity index is 1.46. The first-order chi connectivity index (χ1) is 12.7. The average molecular weight is 372 g/mol. The van der Waals surface area contributed by atoms with Gasteiger partial charge in [-0.1, -0.05) is 29.8 Å². The van der Waals surface area contributed by atoms with Crippen molar-refractivity contribution in [3.8, 4) is 5.75 Å². The summed E-state index contributed by atoms with van der Waals surface area (Å²) in [4.78, 5) is 13.7. The standard InChI is InChI=1S/C21H25NO3S/c1-16-8-10-18(11-9-16)26-14-12-22-21(23)19-6-2-3-7-20(19)25-15-17-5-4-13-24-17/h2-3,6-11,17H,4-5,12-15H2,1H3,(H,22,23). The van der Waals surface area contributed by atoms with Crippen LogP contribution in [0.15, 0.2) is 53.4 Å². The Morgan fingerprint density at radius 2 is 2.04 bits per heavy atom. The average Bonchev–Trinajstić information content (AvgIpc) is 3.19. The number of nitrogens with one attached hydrogen (secondary N) is 1. The van der Waals surface area contributed by atoms with Crippen molar-refractivity contribution in [2.45, 2.75) is 30.8 Å². The number of hydrogen-bond acceptors (Lipinski definition) is 4. The molecule has 1 saturated heterocycles. The third kappa shape index (κ3) is 5.51. The quantitative estimate of drug-likeness (QED) is 0.561. The highest BCUT2D eigenvalue weighted by molar-refractivity contribution is 7.99. The molecule has 1 atom stereocenters. The van der Waals surface area contributed by atoms with Crippen molar-refractivity contribution in [3.63, 3.8) is 0 Å². The maximum atomic E-state index is 12.5. The second-order valence-corrected chi connectivity index (χ2v) is 7.53. The highest BCUT2D eigenvalue weighted by Gasteiger charge is 2.18. The molecular weight excluding hydrogens is 346 g/mol. The number of amides is 1. The van der Waals surface area contributed by atoms with Crippen LogP contribution in [0.1, 0.15) is 28.8 Å². The van der Waals surface area contributed by atoms with Crippen LogP contribution < -0.4 is 10.1 Å². The zero-order chi connectivity index (χ0) is 18.2. The number of ether oxygens (including phenoxy) is 2. The predicted molar refractivity (Wildman–Crippen MR) is 105 cm³/mol. The lowest BCUT2D eigenvalue weighted by atomic mass is 10.2. The van der Waals surface area contributed by atoms with E-state index in [1.54, 1.807) is 17.8 Å². The van der Waals surface area contributed by atoms with Gasteiger partial charge in [0.25, 0.3) is 5.91 Å². The fraction of sp³-hybridized carbons (Fsp3) is 0.381. The summed E-state index contributed by atoms with van der Waals surface area (Å²) in [6.45, 7) is 3.98. The summed E-state index contributed by atoms with van der Waals surface area (Å²) >= 11 is 1.74. The van der Waals surface area contributed by atoms with Gasteiger partial charge in [-0.05, 0) is 44.0 Å². The van der Waals surface area contributed by atoms with Crippen LogP contribution in [0.2, 0.25) is 0 Å². The molecular formula is C21H25NO3S. The summed E-state index contributed by atoms with van der Waals surface area (Å²) in [5.41, 5.74) is 1.83. The fourth-order valence-corrected chi connectivity index (χ4v) is 3.57. The largest absolute Gasteiger partial charge is 0.490 e. The molecule has 1 fully saturated rings. The molecule has 0 saturated carbocycles. The van der Waals surface area contributed by atoms with Gasteiger partial charge in [0.05, 0.1) is 11.7 Å². The van der Waals surface area contributed by atoms with Crippen LogP contribution in [0.25, 0.3) is 0 Å². The van der Waals surface area contributed by atoms with Crippen molar-refractivity contribution < 1.29 is 14.3 Å². The molecule has 0 spiro atoms. The van der Waals surface area contributed by atoms with E-state index >= 15 is 0 Å². The lowest BCUT2D eigenvalue weighted by Crippen LogP contribution is -2.26. The van der Waals surface area contributed by atoms with Crippen LogP contribution in [0.5, 0.6) is 5.75 Å². The van der Waals surface area contributed by atoms with Crippen molar-refractivity contribution >= 4 is 17.7 Å². The van der Waals surface area contributed by atoms with Crippen LogP contribution in [0.3, 0.4) is 0 Å². The monoisotopic (exact) mass is 371 g/mol. The summed E-state index contributed by atoms with van der Waals surface area (Å²) in [5.74, 6) is 1.34. The minimum atomic E-state index is -0.0996. The van der Waals surface area contributed by atoms with Gasteiger partial charge in [-0.3, -0.25) is 4.79 Å². The highest BCUT2D eigenvalue weighted by atomic mass is 32.2. The topological polar surface area (TPSA) is 47.6 Å². The number of thioether (sulfide) groups is 1. The van der Waals surface area contributed by atoms with E-state index in [1.165, 1.54) is 10.5 Å². The zero-order valence-electron chi connectivity index (χ0n) is 15.1. The van der Waals surface area contributed by atoms with Crippen molar-refractivity contribution in [3.05, 3.63) is 59.7 Å². The number of benzene rings is 2. The molecule has 5 heteroatoms. The Labute approximate surface area is 159 Å². The van der Waals surface area contributed by atoms with Crippen LogP contribution in [0, 0.1) is 6.92 Å². The molecule has 1 aliphatic heterocycles. The third-order valence-corrected chi connectivity index (χ3v) is 5.27. The van der Waals surface area contributed by atoms with Gasteiger partial charge in [-0.2, -0.15) is 0 Å². The molecule has 3 rings (SSSR count). The maximum Gasteiger partial charge on any atom is 0.255 e. The minimum Gasteiger partial charge on any atom is -0.490 e. The Kier molecular flexibility index (Phi) is 6.97. The summed E-state index contributed by atoms with van der Waals surface area (Å²) < 4.78 is 11.4. The van der Waals surface area contributed by atoms with Crippen molar-refractivity contribution in [2.24, 2.45) is 0 Å². The molecule has 2 aromatic rings. The molecule has 0 aliphatic carbocycles. The Hall–Kier alpha value is -1.98. The van der Waals surface area contributed by atoms with Gasteiger partial charge in [0, 0.05) is 23.8 Å². The smallest absolute Gasteiger partial charge is 0.255 e. The van der Waals surface area contributed by atoms with E-state index in [-0.39, 0.29) is 12.0 Å². The third-order valence-electron chi connectivity index (χ3n) is 4.26. The maximum absolute atomic E-state index is 12.5. The van der Waals surface area contributed by atoms with E-state index in [2.05, 4.69) is 36.5 Å². The Bertz CT molecular complexity index is 711. The second kappa shape index (κ2) is 9.64.